The van der Waals surface area contributed by atoms with Gasteiger partial charge in [-0.2, -0.15) is 13.2 Å². The van der Waals surface area contributed by atoms with Crippen molar-refractivity contribution in [2.45, 2.75) is 25.4 Å². The molecule has 0 saturated carbocycles. The summed E-state index contributed by atoms with van der Waals surface area (Å²) < 4.78 is 49.0. The number of aliphatic imine (C=N–C) groups is 1. The summed E-state index contributed by atoms with van der Waals surface area (Å²) >= 11 is 0. The van der Waals surface area contributed by atoms with E-state index in [1.54, 1.807) is 6.07 Å². The first-order chi connectivity index (χ1) is 9.90. The summed E-state index contributed by atoms with van der Waals surface area (Å²) in [4.78, 5) is 3.83. The minimum Gasteiger partial charge on any atom is -0.356 e. The standard InChI is InChI=1S/C14H19F4N3/c1-19-13(21-9-7-14(16,17)18)20-8-3-5-11-4-2-6-12(15)10-11/h2,4,6,10H,3,5,7-9H2,1H3,(H2,19,20,21). The van der Waals surface area contributed by atoms with Gasteiger partial charge < -0.3 is 10.6 Å². The molecule has 0 bridgehead atoms. The molecule has 1 aromatic carbocycles. The van der Waals surface area contributed by atoms with Gasteiger partial charge in [0.05, 0.1) is 6.42 Å². The molecule has 0 amide bonds. The van der Waals surface area contributed by atoms with Gasteiger partial charge in [-0.25, -0.2) is 4.39 Å². The van der Waals surface area contributed by atoms with Gasteiger partial charge in [0.2, 0.25) is 0 Å². The quantitative estimate of drug-likeness (QED) is 0.367. The lowest BCUT2D eigenvalue weighted by atomic mass is 10.1. The van der Waals surface area contributed by atoms with Gasteiger partial charge in [-0.3, -0.25) is 4.99 Å². The Morgan fingerprint density at radius 3 is 2.52 bits per heavy atom. The Labute approximate surface area is 121 Å². The van der Waals surface area contributed by atoms with Crippen LogP contribution in [0.1, 0.15) is 18.4 Å². The summed E-state index contributed by atoms with van der Waals surface area (Å²) in [5.74, 6) is 0.0589. The maximum atomic E-state index is 13.0. The van der Waals surface area contributed by atoms with Crippen LogP contribution in [0.5, 0.6) is 0 Å². The molecule has 0 atom stereocenters. The molecule has 0 aliphatic heterocycles. The van der Waals surface area contributed by atoms with Crippen LogP contribution in [-0.4, -0.2) is 32.3 Å². The first kappa shape index (κ1) is 17.3. The van der Waals surface area contributed by atoms with Gasteiger partial charge in [0.15, 0.2) is 5.96 Å². The Morgan fingerprint density at radius 2 is 1.90 bits per heavy atom. The van der Waals surface area contributed by atoms with Crippen LogP contribution in [0.3, 0.4) is 0 Å². The number of guanidine groups is 1. The molecule has 0 unspecified atom stereocenters. The summed E-state index contributed by atoms with van der Waals surface area (Å²) in [6.45, 7) is 0.329. The zero-order valence-corrected chi connectivity index (χ0v) is 11.8. The lowest BCUT2D eigenvalue weighted by Crippen LogP contribution is -2.39. The fraction of sp³-hybridized carbons (Fsp3) is 0.500. The van der Waals surface area contributed by atoms with E-state index in [0.29, 0.717) is 18.9 Å². The summed E-state index contributed by atoms with van der Waals surface area (Å²) in [6.07, 6.45) is -3.67. The van der Waals surface area contributed by atoms with E-state index in [9.17, 15) is 17.6 Å². The highest BCUT2D eigenvalue weighted by Gasteiger charge is 2.26. The molecule has 0 heterocycles. The monoisotopic (exact) mass is 305 g/mol. The Hall–Kier alpha value is -1.79. The van der Waals surface area contributed by atoms with Crippen molar-refractivity contribution in [1.29, 1.82) is 0 Å². The molecule has 21 heavy (non-hydrogen) atoms. The normalized spacial score (nSPS) is 12.3. The van der Waals surface area contributed by atoms with Crippen LogP contribution >= 0.6 is 0 Å². The van der Waals surface area contributed by atoms with E-state index in [0.717, 1.165) is 12.0 Å². The third-order valence-electron chi connectivity index (χ3n) is 2.75. The Kier molecular flexibility index (Phi) is 6.98. The van der Waals surface area contributed by atoms with Crippen LogP contribution in [0.25, 0.3) is 0 Å². The summed E-state index contributed by atoms with van der Waals surface area (Å²) in [5, 5.41) is 5.51. The van der Waals surface area contributed by atoms with Crippen molar-refractivity contribution in [3.8, 4) is 0 Å². The molecule has 0 aromatic heterocycles. The molecule has 0 radical (unpaired) electrons. The number of aryl methyl sites for hydroxylation is 1. The third kappa shape index (κ3) is 8.16. The van der Waals surface area contributed by atoms with Gasteiger partial charge in [0.1, 0.15) is 5.82 Å². The van der Waals surface area contributed by atoms with Crippen LogP contribution in [0.2, 0.25) is 0 Å². The number of nitrogens with one attached hydrogen (secondary N) is 2. The zero-order valence-electron chi connectivity index (χ0n) is 11.8. The maximum Gasteiger partial charge on any atom is 0.390 e. The van der Waals surface area contributed by atoms with Crippen molar-refractivity contribution in [2.75, 3.05) is 20.1 Å². The molecule has 7 heteroatoms. The first-order valence-corrected chi connectivity index (χ1v) is 6.66. The molecule has 1 rings (SSSR count). The number of nitrogens with zero attached hydrogens (tertiary/aromatic N) is 1. The minimum absolute atomic E-state index is 0.215. The lowest BCUT2D eigenvalue weighted by molar-refractivity contribution is -0.132. The SMILES string of the molecule is CN=C(NCCCc1cccc(F)c1)NCCC(F)(F)F. The highest BCUT2D eigenvalue weighted by atomic mass is 19.4. The Bertz CT molecular complexity index is 458. The van der Waals surface area contributed by atoms with E-state index in [-0.39, 0.29) is 12.4 Å². The first-order valence-electron chi connectivity index (χ1n) is 6.66. The number of benzene rings is 1. The second kappa shape index (κ2) is 8.49. The third-order valence-corrected chi connectivity index (χ3v) is 2.75. The number of rotatable bonds is 6. The van der Waals surface area contributed by atoms with Crippen LogP contribution in [-0.2, 0) is 6.42 Å². The number of alkyl halides is 3. The molecule has 0 saturated heterocycles. The Morgan fingerprint density at radius 1 is 1.19 bits per heavy atom. The molecular weight excluding hydrogens is 286 g/mol. The fourth-order valence-corrected chi connectivity index (χ4v) is 1.74. The lowest BCUT2D eigenvalue weighted by Gasteiger charge is -2.12. The van der Waals surface area contributed by atoms with E-state index < -0.39 is 12.6 Å². The van der Waals surface area contributed by atoms with Crippen molar-refractivity contribution in [1.82, 2.24) is 10.6 Å². The van der Waals surface area contributed by atoms with Crippen LogP contribution in [0, 0.1) is 5.82 Å². The molecule has 118 valence electrons. The van der Waals surface area contributed by atoms with Crippen LogP contribution < -0.4 is 10.6 Å². The van der Waals surface area contributed by atoms with Crippen LogP contribution in [0.15, 0.2) is 29.3 Å². The molecule has 0 spiro atoms. The molecule has 3 nitrogen and oxygen atoms in total. The van der Waals surface area contributed by atoms with Gasteiger partial charge in [-0.05, 0) is 30.5 Å². The smallest absolute Gasteiger partial charge is 0.356 e. The van der Waals surface area contributed by atoms with E-state index in [1.165, 1.54) is 19.2 Å². The van der Waals surface area contributed by atoms with Crippen molar-refractivity contribution in [3.05, 3.63) is 35.6 Å². The molecule has 0 fully saturated rings. The van der Waals surface area contributed by atoms with Crippen molar-refractivity contribution >= 4 is 5.96 Å². The largest absolute Gasteiger partial charge is 0.390 e. The van der Waals surface area contributed by atoms with Gasteiger partial charge in [-0.15, -0.1) is 0 Å². The average molecular weight is 305 g/mol. The van der Waals surface area contributed by atoms with Gasteiger partial charge >= 0.3 is 6.18 Å². The zero-order chi connectivity index (χ0) is 15.7. The number of hydrogen-bond acceptors (Lipinski definition) is 1. The average Bonchev–Trinajstić information content (AvgIpc) is 2.40. The van der Waals surface area contributed by atoms with Crippen LogP contribution in [0.4, 0.5) is 17.6 Å². The second-order valence-corrected chi connectivity index (χ2v) is 4.52. The molecule has 0 aliphatic rings. The predicted octanol–water partition coefficient (Wildman–Crippen LogP) is 2.88. The van der Waals surface area contributed by atoms with E-state index in [1.807, 2.05) is 6.07 Å². The van der Waals surface area contributed by atoms with E-state index in [4.69, 9.17) is 0 Å². The predicted molar refractivity (Wildman–Crippen MR) is 74.8 cm³/mol. The molecular formula is C14H19F4N3. The summed E-state index contributed by atoms with van der Waals surface area (Å²) in [6, 6.07) is 6.33. The maximum absolute atomic E-state index is 13.0. The van der Waals surface area contributed by atoms with Crippen molar-refractivity contribution in [2.24, 2.45) is 4.99 Å². The highest BCUT2D eigenvalue weighted by molar-refractivity contribution is 5.79. The topological polar surface area (TPSA) is 36.4 Å². The minimum atomic E-state index is -4.18. The van der Waals surface area contributed by atoms with E-state index >= 15 is 0 Å². The molecule has 1 aromatic rings. The summed E-state index contributed by atoms with van der Waals surface area (Å²) in [7, 11) is 1.50. The van der Waals surface area contributed by atoms with E-state index in [2.05, 4.69) is 15.6 Å². The Balaban J connectivity index is 2.21. The molecule has 2 N–H and O–H groups in total. The van der Waals surface area contributed by atoms with Crippen molar-refractivity contribution < 1.29 is 17.6 Å². The van der Waals surface area contributed by atoms with Crippen molar-refractivity contribution in [3.63, 3.8) is 0 Å². The highest BCUT2D eigenvalue weighted by Crippen LogP contribution is 2.17. The number of halogens is 4. The van der Waals surface area contributed by atoms with Gasteiger partial charge in [0, 0.05) is 20.1 Å². The molecule has 0 aliphatic carbocycles. The second-order valence-electron chi connectivity index (χ2n) is 4.52. The number of hydrogen-bond donors (Lipinski definition) is 2. The van der Waals surface area contributed by atoms with Gasteiger partial charge in [-0.1, -0.05) is 12.1 Å². The fourth-order valence-electron chi connectivity index (χ4n) is 1.74. The van der Waals surface area contributed by atoms with Gasteiger partial charge in [0.25, 0.3) is 0 Å². The summed E-state index contributed by atoms with van der Waals surface area (Å²) in [5.41, 5.74) is 0.886.